The second-order valence-corrected chi connectivity index (χ2v) is 9.41. The lowest BCUT2D eigenvalue weighted by Gasteiger charge is -2.28. The fourth-order valence-corrected chi connectivity index (χ4v) is 6.05. The van der Waals surface area contributed by atoms with Crippen molar-refractivity contribution in [2.24, 2.45) is 0 Å². The van der Waals surface area contributed by atoms with Gasteiger partial charge in [-0.3, -0.25) is 4.79 Å². The number of benzene rings is 2. The number of aliphatic carboxylic acids is 1. The lowest BCUT2D eigenvalue weighted by atomic mass is 9.76. The first-order valence-electron chi connectivity index (χ1n) is 8.94. The molecule has 1 N–H and O–H groups in total. The lowest BCUT2D eigenvalue weighted by molar-refractivity contribution is -0.136. The Labute approximate surface area is 154 Å². The summed E-state index contributed by atoms with van der Waals surface area (Å²) in [5, 5.41) is 8.83. The van der Waals surface area contributed by atoms with Crippen LogP contribution in [0.5, 0.6) is 0 Å². The minimum absolute atomic E-state index is 0.0370. The van der Waals surface area contributed by atoms with E-state index in [9.17, 15) is 13.2 Å². The fraction of sp³-hybridized carbons (Fsp3) is 0.381. The molecule has 0 aliphatic carbocycles. The van der Waals surface area contributed by atoms with Crippen LogP contribution < -0.4 is 0 Å². The lowest BCUT2D eigenvalue weighted by Crippen LogP contribution is -2.27. The Kier molecular flexibility index (Phi) is 5.47. The van der Waals surface area contributed by atoms with Gasteiger partial charge >= 0.3 is 5.97 Å². The van der Waals surface area contributed by atoms with Gasteiger partial charge in [0.25, 0.3) is 0 Å². The second-order valence-electron chi connectivity index (χ2n) is 7.23. The van der Waals surface area contributed by atoms with Gasteiger partial charge in [0, 0.05) is 5.41 Å². The molecule has 1 aliphatic heterocycles. The number of carbonyl (C=O) groups is 1. The van der Waals surface area contributed by atoms with Crippen LogP contribution in [0.25, 0.3) is 0 Å². The summed E-state index contributed by atoms with van der Waals surface area (Å²) in [6, 6.07) is 17.7. The summed E-state index contributed by atoms with van der Waals surface area (Å²) in [5.74, 6) is -0.321. The number of aryl methyl sites for hydroxylation is 1. The molecule has 0 bridgehead atoms. The van der Waals surface area contributed by atoms with Gasteiger partial charge in [-0.2, -0.15) is 0 Å². The molecule has 1 unspecified atom stereocenters. The quantitative estimate of drug-likeness (QED) is 0.809. The first-order valence-corrected chi connectivity index (χ1v) is 10.8. The van der Waals surface area contributed by atoms with E-state index in [1.165, 1.54) is 0 Å². The highest BCUT2D eigenvalue weighted by Crippen LogP contribution is 2.40. The van der Waals surface area contributed by atoms with Crippen LogP contribution in [0.15, 0.2) is 54.6 Å². The third kappa shape index (κ3) is 4.52. The number of hydrogen-bond acceptors (Lipinski definition) is 3. The van der Waals surface area contributed by atoms with Crippen LogP contribution in [0.3, 0.4) is 0 Å². The van der Waals surface area contributed by atoms with Gasteiger partial charge in [-0.15, -0.1) is 0 Å². The van der Waals surface area contributed by atoms with Gasteiger partial charge < -0.3 is 5.11 Å². The van der Waals surface area contributed by atoms with E-state index >= 15 is 0 Å². The summed E-state index contributed by atoms with van der Waals surface area (Å²) < 4.78 is 24.3. The van der Waals surface area contributed by atoms with E-state index in [0.717, 1.165) is 36.0 Å². The van der Waals surface area contributed by atoms with Gasteiger partial charge in [0.05, 0.1) is 17.9 Å². The zero-order valence-corrected chi connectivity index (χ0v) is 15.5. The largest absolute Gasteiger partial charge is 0.481 e. The first-order chi connectivity index (χ1) is 12.4. The topological polar surface area (TPSA) is 71.4 Å². The monoisotopic (exact) mass is 372 g/mol. The molecule has 26 heavy (non-hydrogen) atoms. The van der Waals surface area contributed by atoms with Gasteiger partial charge in [0.2, 0.25) is 0 Å². The van der Waals surface area contributed by atoms with Crippen LogP contribution in [0, 0.1) is 0 Å². The van der Waals surface area contributed by atoms with Crippen molar-refractivity contribution in [3.63, 3.8) is 0 Å². The highest BCUT2D eigenvalue weighted by molar-refractivity contribution is 7.91. The zero-order chi connectivity index (χ0) is 18.6. The van der Waals surface area contributed by atoms with E-state index in [1.807, 2.05) is 54.6 Å². The summed E-state index contributed by atoms with van der Waals surface area (Å²) in [6.45, 7) is 0. The van der Waals surface area contributed by atoms with Crippen LogP contribution in [-0.2, 0) is 32.9 Å². The summed E-state index contributed by atoms with van der Waals surface area (Å²) in [7, 11) is -2.97. The van der Waals surface area contributed by atoms with Crippen molar-refractivity contribution < 1.29 is 18.3 Å². The van der Waals surface area contributed by atoms with Crippen molar-refractivity contribution >= 4 is 15.8 Å². The maximum absolute atomic E-state index is 12.1. The van der Waals surface area contributed by atoms with Gasteiger partial charge in [0.15, 0.2) is 9.84 Å². The molecule has 3 rings (SSSR count). The summed E-state index contributed by atoms with van der Waals surface area (Å²) in [4.78, 5) is 10.7. The van der Waals surface area contributed by atoms with Crippen LogP contribution in [-0.4, -0.2) is 31.0 Å². The Bertz CT molecular complexity index is 857. The van der Waals surface area contributed by atoms with Crippen molar-refractivity contribution in [3.8, 4) is 0 Å². The normalized spacial score (nSPS) is 21.5. The van der Waals surface area contributed by atoms with E-state index in [-0.39, 0.29) is 23.3 Å². The molecule has 1 atom stereocenters. The third-order valence-electron chi connectivity index (χ3n) is 5.27. The number of carboxylic acid groups (broad SMARTS) is 1. The maximum atomic E-state index is 12.1. The predicted molar refractivity (Wildman–Crippen MR) is 102 cm³/mol. The molecule has 0 saturated carbocycles. The molecule has 1 aliphatic rings. The van der Waals surface area contributed by atoms with E-state index in [1.54, 1.807) is 0 Å². The Morgan fingerprint density at radius 2 is 1.65 bits per heavy atom. The molecule has 138 valence electrons. The molecule has 0 aromatic heterocycles. The molecular weight excluding hydrogens is 348 g/mol. The summed E-state index contributed by atoms with van der Waals surface area (Å²) in [5.41, 5.74) is 2.80. The number of hydrogen-bond donors (Lipinski definition) is 1. The molecule has 0 spiro atoms. The SMILES string of the molecule is O=C(O)Cc1ccc(CCCC2(c3ccccc3)CCS(=O)(=O)C2)cc1. The van der Waals surface area contributed by atoms with Crippen molar-refractivity contribution in [1.82, 2.24) is 0 Å². The molecule has 2 aromatic rings. The Hall–Kier alpha value is -2.14. The highest BCUT2D eigenvalue weighted by Gasteiger charge is 2.42. The first kappa shape index (κ1) is 18.6. The van der Waals surface area contributed by atoms with Gasteiger partial charge in [-0.25, -0.2) is 8.42 Å². The van der Waals surface area contributed by atoms with Crippen LogP contribution in [0.4, 0.5) is 0 Å². The van der Waals surface area contributed by atoms with E-state index in [2.05, 4.69) is 0 Å². The average molecular weight is 372 g/mol. The van der Waals surface area contributed by atoms with E-state index < -0.39 is 15.8 Å². The van der Waals surface area contributed by atoms with Gasteiger partial charge in [-0.05, 0) is 42.4 Å². The minimum Gasteiger partial charge on any atom is -0.481 e. The standard InChI is InChI=1S/C21H24O4S/c22-20(23)15-18-10-8-17(9-11-18)5-4-12-21(13-14-26(24,25)16-21)19-6-2-1-3-7-19/h1-3,6-11H,4-5,12-16H2,(H,22,23). The maximum Gasteiger partial charge on any atom is 0.307 e. The molecule has 2 aromatic carbocycles. The predicted octanol–water partition coefficient (Wildman–Crippen LogP) is 3.39. The van der Waals surface area contributed by atoms with E-state index in [4.69, 9.17) is 5.11 Å². The summed E-state index contributed by atoms with van der Waals surface area (Å²) >= 11 is 0. The van der Waals surface area contributed by atoms with E-state index in [0.29, 0.717) is 6.42 Å². The van der Waals surface area contributed by atoms with Gasteiger partial charge in [-0.1, -0.05) is 54.6 Å². The van der Waals surface area contributed by atoms with Crippen LogP contribution in [0.2, 0.25) is 0 Å². The Morgan fingerprint density at radius 1 is 1.00 bits per heavy atom. The number of sulfone groups is 1. The number of carboxylic acids is 1. The minimum atomic E-state index is -2.97. The average Bonchev–Trinajstić information content (AvgIpc) is 2.93. The van der Waals surface area contributed by atoms with Crippen molar-refractivity contribution in [1.29, 1.82) is 0 Å². The van der Waals surface area contributed by atoms with Crippen LogP contribution >= 0.6 is 0 Å². The highest BCUT2D eigenvalue weighted by atomic mass is 32.2. The summed E-state index contributed by atoms with van der Waals surface area (Å²) in [6.07, 6.45) is 3.34. The molecule has 5 heteroatoms. The Morgan fingerprint density at radius 3 is 2.23 bits per heavy atom. The second kappa shape index (κ2) is 7.62. The number of rotatable bonds is 7. The smallest absolute Gasteiger partial charge is 0.307 e. The zero-order valence-electron chi connectivity index (χ0n) is 14.7. The molecule has 4 nitrogen and oxygen atoms in total. The van der Waals surface area contributed by atoms with Crippen molar-refractivity contribution in [2.45, 2.75) is 37.5 Å². The van der Waals surface area contributed by atoms with Crippen molar-refractivity contribution in [3.05, 3.63) is 71.3 Å². The van der Waals surface area contributed by atoms with Gasteiger partial charge in [0.1, 0.15) is 0 Å². The molecule has 1 saturated heterocycles. The third-order valence-corrected chi connectivity index (χ3v) is 7.09. The van der Waals surface area contributed by atoms with Crippen molar-refractivity contribution in [2.75, 3.05) is 11.5 Å². The Balaban J connectivity index is 1.67. The molecule has 0 amide bonds. The molecule has 1 fully saturated rings. The fourth-order valence-electron chi connectivity index (χ4n) is 3.91. The molecular formula is C21H24O4S. The van der Waals surface area contributed by atoms with Crippen LogP contribution in [0.1, 0.15) is 36.0 Å². The molecule has 0 radical (unpaired) electrons. The molecule has 1 heterocycles.